The third-order valence-corrected chi connectivity index (χ3v) is 4.84. The van der Waals surface area contributed by atoms with Crippen LogP contribution in [0.1, 0.15) is 30.1 Å². The van der Waals surface area contributed by atoms with Crippen molar-refractivity contribution in [3.8, 4) is 5.75 Å². The van der Waals surface area contributed by atoms with Crippen molar-refractivity contribution in [1.82, 2.24) is 0 Å². The van der Waals surface area contributed by atoms with Gasteiger partial charge < -0.3 is 19.7 Å². The largest absolute Gasteiger partial charge is 0.508 e. The smallest absolute Gasteiger partial charge is 0.412 e. The van der Waals surface area contributed by atoms with E-state index in [9.17, 15) is 14.7 Å². The quantitative estimate of drug-likeness (QED) is 0.429. The van der Waals surface area contributed by atoms with Gasteiger partial charge in [-0.2, -0.15) is 0 Å². The maximum atomic E-state index is 12.5. The molecule has 3 N–H and O–H groups in total. The van der Waals surface area contributed by atoms with Gasteiger partial charge in [0.1, 0.15) is 5.75 Å². The van der Waals surface area contributed by atoms with Gasteiger partial charge in [0.25, 0.3) is 0 Å². The van der Waals surface area contributed by atoms with Crippen LogP contribution in [0.4, 0.5) is 10.5 Å². The first kappa shape index (κ1) is 23.4. The molecule has 0 aliphatic carbocycles. The highest BCUT2D eigenvalue weighted by molar-refractivity contribution is 9.10. The molecule has 0 unspecified atom stereocenters. The maximum Gasteiger partial charge on any atom is 0.412 e. The minimum absolute atomic E-state index is 0.0468. The van der Waals surface area contributed by atoms with E-state index in [-0.39, 0.29) is 5.75 Å². The number of aliphatic carboxylic acids is 1. The topological polar surface area (TPSA) is 105 Å². The molecule has 0 spiro atoms. The van der Waals surface area contributed by atoms with Crippen LogP contribution in [0.3, 0.4) is 0 Å². The van der Waals surface area contributed by atoms with Crippen LogP contribution in [0, 0.1) is 6.92 Å². The number of phenolic OH excluding ortho intramolecular Hbond substituents is 1. The highest BCUT2D eigenvalue weighted by atomic mass is 79.9. The maximum absolute atomic E-state index is 12.5. The number of methoxy groups -OCH3 is 1. The number of hydrogen-bond donors (Lipinski definition) is 3. The van der Waals surface area contributed by atoms with Crippen molar-refractivity contribution in [2.24, 2.45) is 0 Å². The van der Waals surface area contributed by atoms with Gasteiger partial charge >= 0.3 is 12.1 Å². The highest BCUT2D eigenvalue weighted by Crippen LogP contribution is 2.35. The van der Waals surface area contributed by atoms with Gasteiger partial charge in [-0.3, -0.25) is 5.32 Å². The van der Waals surface area contributed by atoms with E-state index in [1.807, 2.05) is 19.1 Å². The summed E-state index contributed by atoms with van der Waals surface area (Å²) in [6.07, 6.45) is 1.06. The van der Waals surface area contributed by atoms with Crippen molar-refractivity contribution in [2.45, 2.75) is 32.0 Å². The number of carboxylic acids is 1. The molecular formula is C22H24BrNO6. The van der Waals surface area contributed by atoms with Gasteiger partial charge in [-0.05, 0) is 50.1 Å². The number of allylic oxidation sites excluding steroid dienone is 1. The van der Waals surface area contributed by atoms with E-state index in [1.165, 1.54) is 19.3 Å². The van der Waals surface area contributed by atoms with Crippen molar-refractivity contribution in [3.05, 3.63) is 70.2 Å². The molecule has 2 aromatic carbocycles. The number of aryl methyl sites for hydroxylation is 1. The predicted molar refractivity (Wildman–Crippen MR) is 117 cm³/mol. The molecule has 0 aliphatic heterocycles. The van der Waals surface area contributed by atoms with Crippen LogP contribution in [0.15, 0.2) is 59.1 Å². The summed E-state index contributed by atoms with van der Waals surface area (Å²) in [5, 5.41) is 21.7. The fourth-order valence-corrected chi connectivity index (χ4v) is 3.21. The monoisotopic (exact) mass is 477 g/mol. The minimum atomic E-state index is -1.04. The standard InChI is InChI=1S/C22H24BrNO6/c1-14-7-10-16(11-8-14)24-22(28)30-21(17-13-15(23)9-12-18(17)25)19(29-2)5-3-4-6-20(26)27/h4,6-13,19,21,25H,3,5H2,1-2H3,(H,24,28)(H,26,27)/b6-4+/t19-,21-/m1/s1. The zero-order chi connectivity index (χ0) is 22.1. The normalized spacial score (nSPS) is 13.0. The molecule has 2 aromatic rings. The Labute approximate surface area is 183 Å². The van der Waals surface area contributed by atoms with Gasteiger partial charge in [-0.15, -0.1) is 0 Å². The molecule has 0 saturated heterocycles. The summed E-state index contributed by atoms with van der Waals surface area (Å²) >= 11 is 3.36. The number of hydrogen-bond acceptors (Lipinski definition) is 5. The van der Waals surface area contributed by atoms with Crippen molar-refractivity contribution in [1.29, 1.82) is 0 Å². The Morgan fingerprint density at radius 3 is 2.53 bits per heavy atom. The molecule has 0 saturated carbocycles. The van der Waals surface area contributed by atoms with Crippen molar-refractivity contribution in [2.75, 3.05) is 12.4 Å². The van der Waals surface area contributed by atoms with Crippen molar-refractivity contribution < 1.29 is 29.3 Å². The van der Waals surface area contributed by atoms with E-state index in [1.54, 1.807) is 24.3 Å². The molecule has 0 radical (unpaired) electrons. The number of aromatic hydroxyl groups is 1. The Kier molecular flexibility index (Phi) is 8.89. The number of carbonyl (C=O) groups excluding carboxylic acids is 1. The Bertz CT molecular complexity index is 897. The Morgan fingerprint density at radius 2 is 1.90 bits per heavy atom. The van der Waals surface area contributed by atoms with Crippen LogP contribution in [0.5, 0.6) is 5.75 Å². The van der Waals surface area contributed by atoms with Gasteiger partial charge in [-0.1, -0.05) is 39.7 Å². The van der Waals surface area contributed by atoms with Crippen LogP contribution < -0.4 is 5.32 Å². The second-order valence-electron chi connectivity index (χ2n) is 6.61. The summed E-state index contributed by atoms with van der Waals surface area (Å²) in [5.41, 5.74) is 2.00. The number of anilines is 1. The Hall–Kier alpha value is -2.84. The molecule has 7 nitrogen and oxygen atoms in total. The zero-order valence-electron chi connectivity index (χ0n) is 16.7. The molecule has 0 fully saturated rings. The lowest BCUT2D eigenvalue weighted by Crippen LogP contribution is -2.28. The van der Waals surface area contributed by atoms with E-state index in [0.717, 1.165) is 11.6 Å². The number of carbonyl (C=O) groups is 2. The first-order valence-corrected chi connectivity index (χ1v) is 10.0. The molecule has 160 valence electrons. The number of nitrogens with one attached hydrogen (secondary N) is 1. The number of amides is 1. The second kappa shape index (κ2) is 11.4. The van der Waals surface area contributed by atoms with Crippen LogP contribution in [-0.4, -0.2) is 35.5 Å². The lowest BCUT2D eigenvalue weighted by Gasteiger charge is -2.27. The van der Waals surface area contributed by atoms with Gasteiger partial charge in [0, 0.05) is 28.9 Å². The molecule has 8 heteroatoms. The summed E-state index contributed by atoms with van der Waals surface area (Å²) in [6, 6.07) is 12.0. The molecular weight excluding hydrogens is 454 g/mol. The van der Waals surface area contributed by atoms with Gasteiger partial charge in [-0.25, -0.2) is 9.59 Å². The molecule has 1 amide bonds. The van der Waals surface area contributed by atoms with Gasteiger partial charge in [0.2, 0.25) is 0 Å². The first-order chi connectivity index (χ1) is 14.3. The Morgan fingerprint density at radius 1 is 1.20 bits per heavy atom. The third kappa shape index (κ3) is 7.20. The van der Waals surface area contributed by atoms with Gasteiger partial charge in [0.15, 0.2) is 6.10 Å². The lowest BCUT2D eigenvalue weighted by atomic mass is 9.99. The molecule has 0 aliphatic rings. The van der Waals surface area contributed by atoms with Crippen LogP contribution in [0.2, 0.25) is 0 Å². The molecule has 0 bridgehead atoms. The van der Waals surface area contributed by atoms with Gasteiger partial charge in [0.05, 0.1) is 6.10 Å². The van der Waals surface area contributed by atoms with Crippen LogP contribution in [-0.2, 0) is 14.3 Å². The average molecular weight is 478 g/mol. The fourth-order valence-electron chi connectivity index (χ4n) is 2.83. The van der Waals surface area contributed by atoms with E-state index < -0.39 is 24.3 Å². The molecule has 30 heavy (non-hydrogen) atoms. The zero-order valence-corrected chi connectivity index (χ0v) is 18.3. The molecule has 2 rings (SSSR count). The minimum Gasteiger partial charge on any atom is -0.508 e. The average Bonchev–Trinajstić information content (AvgIpc) is 2.70. The Balaban J connectivity index is 2.23. The highest BCUT2D eigenvalue weighted by Gasteiger charge is 2.29. The van der Waals surface area contributed by atoms with E-state index in [2.05, 4.69) is 21.2 Å². The van der Waals surface area contributed by atoms with E-state index in [4.69, 9.17) is 14.6 Å². The number of rotatable bonds is 9. The van der Waals surface area contributed by atoms with Crippen LogP contribution >= 0.6 is 15.9 Å². The fraction of sp³-hybridized carbons (Fsp3) is 0.273. The predicted octanol–water partition coefficient (Wildman–Crippen LogP) is 5.19. The second-order valence-corrected chi connectivity index (χ2v) is 7.53. The first-order valence-electron chi connectivity index (χ1n) is 9.25. The molecule has 0 aromatic heterocycles. The van der Waals surface area contributed by atoms with Crippen molar-refractivity contribution >= 4 is 33.7 Å². The molecule has 0 heterocycles. The van der Waals surface area contributed by atoms with Crippen molar-refractivity contribution in [3.63, 3.8) is 0 Å². The number of phenols is 1. The SMILES string of the molecule is CO[C@H](CC/C=C/C(=O)O)[C@H](OC(=O)Nc1ccc(C)cc1)c1cc(Br)ccc1O. The number of benzene rings is 2. The summed E-state index contributed by atoms with van der Waals surface area (Å²) in [6.45, 7) is 1.94. The third-order valence-electron chi connectivity index (χ3n) is 4.35. The lowest BCUT2D eigenvalue weighted by molar-refractivity contribution is -0.131. The van der Waals surface area contributed by atoms with Crippen LogP contribution in [0.25, 0.3) is 0 Å². The number of ether oxygens (including phenoxy) is 2. The van der Waals surface area contributed by atoms with E-state index in [0.29, 0.717) is 28.6 Å². The summed E-state index contributed by atoms with van der Waals surface area (Å²) < 4.78 is 11.9. The number of halogens is 1. The summed E-state index contributed by atoms with van der Waals surface area (Å²) in [7, 11) is 1.47. The number of carboxylic acid groups (broad SMARTS) is 1. The summed E-state index contributed by atoms with van der Waals surface area (Å²) in [5.74, 6) is -1.09. The molecule has 2 atom stereocenters. The van der Waals surface area contributed by atoms with E-state index >= 15 is 0 Å². The summed E-state index contributed by atoms with van der Waals surface area (Å²) in [4.78, 5) is 23.2.